The van der Waals surface area contributed by atoms with Crippen LogP contribution in [0.5, 0.6) is 0 Å². The molecule has 1 unspecified atom stereocenters. The van der Waals surface area contributed by atoms with Gasteiger partial charge in [-0.05, 0) is 44.0 Å². The van der Waals surface area contributed by atoms with Crippen molar-refractivity contribution in [3.05, 3.63) is 29.6 Å². The van der Waals surface area contributed by atoms with Crippen LogP contribution in [0.3, 0.4) is 0 Å². The molecule has 19 heavy (non-hydrogen) atoms. The van der Waals surface area contributed by atoms with E-state index in [1.807, 2.05) is 13.8 Å². The number of fused-ring (bicyclic) bond motifs is 1. The third-order valence-corrected chi connectivity index (χ3v) is 4.56. The minimum absolute atomic E-state index is 0.0814. The maximum Gasteiger partial charge on any atom is 0.227 e. The molecule has 0 radical (unpaired) electrons. The van der Waals surface area contributed by atoms with E-state index in [2.05, 4.69) is 5.32 Å². The molecule has 5 heteroatoms. The van der Waals surface area contributed by atoms with Gasteiger partial charge in [0.15, 0.2) is 0 Å². The first-order valence-electron chi connectivity index (χ1n) is 6.37. The maximum absolute atomic E-state index is 13.4. The van der Waals surface area contributed by atoms with Gasteiger partial charge in [-0.15, -0.1) is 11.8 Å². The van der Waals surface area contributed by atoms with Gasteiger partial charge in [0, 0.05) is 17.2 Å². The lowest BCUT2D eigenvalue weighted by molar-refractivity contribution is -0.129. The average Bonchev–Trinajstić information content (AvgIpc) is 2.39. The normalized spacial score (nSPS) is 18.8. The highest BCUT2D eigenvalue weighted by Crippen LogP contribution is 2.36. The first kappa shape index (κ1) is 14.3. The molecule has 1 aliphatic rings. The second-order valence-corrected chi connectivity index (χ2v) is 6.57. The van der Waals surface area contributed by atoms with Gasteiger partial charge in [-0.1, -0.05) is 0 Å². The van der Waals surface area contributed by atoms with E-state index in [0.29, 0.717) is 0 Å². The van der Waals surface area contributed by atoms with Crippen molar-refractivity contribution in [2.75, 3.05) is 12.3 Å². The zero-order valence-electron chi connectivity index (χ0n) is 11.2. The quantitative estimate of drug-likeness (QED) is 0.895. The van der Waals surface area contributed by atoms with Gasteiger partial charge in [-0.2, -0.15) is 0 Å². The molecule has 0 aliphatic carbocycles. The van der Waals surface area contributed by atoms with Gasteiger partial charge in [0.05, 0.1) is 11.5 Å². The summed E-state index contributed by atoms with van der Waals surface area (Å²) < 4.78 is 13.4. The molecule has 2 rings (SSSR count). The fourth-order valence-corrected chi connectivity index (χ4v) is 3.07. The highest BCUT2D eigenvalue weighted by atomic mass is 32.2. The van der Waals surface area contributed by atoms with E-state index >= 15 is 0 Å². The van der Waals surface area contributed by atoms with Crippen molar-refractivity contribution >= 4 is 17.7 Å². The summed E-state index contributed by atoms with van der Waals surface area (Å²) >= 11 is 1.70. The van der Waals surface area contributed by atoms with E-state index in [9.17, 15) is 9.18 Å². The molecular weight excluding hydrogens is 263 g/mol. The molecule has 0 saturated heterocycles. The van der Waals surface area contributed by atoms with Crippen LogP contribution in [0.4, 0.5) is 4.39 Å². The van der Waals surface area contributed by atoms with Crippen molar-refractivity contribution in [2.45, 2.75) is 31.2 Å². The Morgan fingerprint density at radius 2 is 2.32 bits per heavy atom. The van der Waals surface area contributed by atoms with Crippen LogP contribution in [0.25, 0.3) is 0 Å². The minimum Gasteiger partial charge on any atom is -0.349 e. The van der Waals surface area contributed by atoms with Gasteiger partial charge >= 0.3 is 0 Å². The summed E-state index contributed by atoms with van der Waals surface area (Å²) in [6, 6.07) is 4.63. The van der Waals surface area contributed by atoms with Crippen LogP contribution >= 0.6 is 11.8 Å². The number of hydrogen-bond donors (Lipinski definition) is 2. The summed E-state index contributed by atoms with van der Waals surface area (Å²) in [7, 11) is 0. The summed E-state index contributed by atoms with van der Waals surface area (Å²) in [5, 5.41) is 2.99. The Labute approximate surface area is 117 Å². The van der Waals surface area contributed by atoms with Gasteiger partial charge in [0.2, 0.25) is 5.91 Å². The SMILES string of the molecule is CC(C)(CN)C(=O)NC1CCSc2ccc(F)cc21. The van der Waals surface area contributed by atoms with Gasteiger partial charge in [-0.25, -0.2) is 4.39 Å². The molecule has 0 fully saturated rings. The number of amides is 1. The fraction of sp³-hybridized carbons (Fsp3) is 0.500. The Kier molecular flexibility index (Phi) is 4.16. The van der Waals surface area contributed by atoms with Crippen molar-refractivity contribution in [3.63, 3.8) is 0 Å². The fourth-order valence-electron chi connectivity index (χ4n) is 1.96. The standard InChI is InChI=1S/C14H19FN2OS/c1-14(2,8-16)13(18)17-11-5-6-19-12-4-3-9(15)7-10(11)12/h3-4,7,11H,5-6,8,16H2,1-2H3,(H,17,18). The zero-order valence-corrected chi connectivity index (χ0v) is 12.0. The first-order valence-corrected chi connectivity index (χ1v) is 7.36. The van der Waals surface area contributed by atoms with Gasteiger partial charge < -0.3 is 11.1 Å². The zero-order chi connectivity index (χ0) is 14.0. The Bertz CT molecular complexity index is 490. The van der Waals surface area contributed by atoms with E-state index < -0.39 is 5.41 Å². The molecule has 0 saturated carbocycles. The lowest BCUT2D eigenvalue weighted by Gasteiger charge is -2.30. The van der Waals surface area contributed by atoms with E-state index in [1.165, 1.54) is 12.1 Å². The average molecular weight is 282 g/mol. The molecule has 0 bridgehead atoms. The molecule has 1 aliphatic heterocycles. The molecule has 1 amide bonds. The van der Waals surface area contributed by atoms with Crippen LogP contribution in [-0.4, -0.2) is 18.2 Å². The summed E-state index contributed by atoms with van der Waals surface area (Å²) in [5.41, 5.74) is 5.88. The van der Waals surface area contributed by atoms with E-state index in [4.69, 9.17) is 5.73 Å². The summed E-state index contributed by atoms with van der Waals surface area (Å²) in [5.74, 6) is 0.577. The number of halogens is 1. The molecular formula is C14H19FN2OS. The second kappa shape index (κ2) is 5.51. The Hall–Kier alpha value is -1.07. The highest BCUT2D eigenvalue weighted by Gasteiger charge is 2.30. The smallest absolute Gasteiger partial charge is 0.227 e. The predicted molar refractivity (Wildman–Crippen MR) is 75.5 cm³/mol. The molecule has 0 aromatic heterocycles. The Morgan fingerprint density at radius 3 is 3.00 bits per heavy atom. The molecule has 104 valence electrons. The van der Waals surface area contributed by atoms with E-state index in [1.54, 1.807) is 17.8 Å². The molecule has 1 aromatic rings. The minimum atomic E-state index is -0.599. The van der Waals surface area contributed by atoms with Crippen LogP contribution in [0.15, 0.2) is 23.1 Å². The molecule has 3 N–H and O–H groups in total. The second-order valence-electron chi connectivity index (χ2n) is 5.43. The number of nitrogens with two attached hydrogens (primary N) is 1. The lowest BCUT2D eigenvalue weighted by Crippen LogP contribution is -2.43. The number of rotatable bonds is 3. The van der Waals surface area contributed by atoms with Crippen molar-refractivity contribution < 1.29 is 9.18 Å². The highest BCUT2D eigenvalue weighted by molar-refractivity contribution is 7.99. The predicted octanol–water partition coefficient (Wildman–Crippen LogP) is 2.46. The van der Waals surface area contributed by atoms with E-state index in [0.717, 1.165) is 22.6 Å². The molecule has 1 atom stereocenters. The number of carbonyl (C=O) groups excluding carboxylic acids is 1. The number of thioether (sulfide) groups is 1. The monoisotopic (exact) mass is 282 g/mol. The number of hydrogen-bond acceptors (Lipinski definition) is 3. The third kappa shape index (κ3) is 3.09. The first-order chi connectivity index (χ1) is 8.94. The van der Waals surface area contributed by atoms with Crippen molar-refractivity contribution in [2.24, 2.45) is 11.1 Å². The van der Waals surface area contributed by atoms with Crippen molar-refractivity contribution in [3.8, 4) is 0 Å². The van der Waals surface area contributed by atoms with Crippen LogP contribution < -0.4 is 11.1 Å². The Balaban J connectivity index is 2.20. The summed E-state index contributed by atoms with van der Waals surface area (Å²) in [4.78, 5) is 13.2. The summed E-state index contributed by atoms with van der Waals surface area (Å²) in [6.45, 7) is 3.91. The topological polar surface area (TPSA) is 55.1 Å². The number of nitrogens with one attached hydrogen (secondary N) is 1. The van der Waals surface area contributed by atoms with Crippen LogP contribution in [0.1, 0.15) is 31.9 Å². The third-order valence-electron chi connectivity index (χ3n) is 3.44. The number of benzene rings is 1. The number of carbonyl (C=O) groups is 1. The van der Waals surface area contributed by atoms with Crippen LogP contribution in [-0.2, 0) is 4.79 Å². The van der Waals surface area contributed by atoms with Gasteiger partial charge in [0.1, 0.15) is 5.82 Å². The Morgan fingerprint density at radius 1 is 1.58 bits per heavy atom. The van der Waals surface area contributed by atoms with Crippen LogP contribution in [0.2, 0.25) is 0 Å². The molecule has 1 aromatic carbocycles. The van der Waals surface area contributed by atoms with Crippen LogP contribution in [0, 0.1) is 11.2 Å². The molecule has 3 nitrogen and oxygen atoms in total. The molecule has 1 heterocycles. The summed E-state index contributed by atoms with van der Waals surface area (Å²) in [6.07, 6.45) is 0.813. The largest absolute Gasteiger partial charge is 0.349 e. The van der Waals surface area contributed by atoms with Gasteiger partial charge in [-0.3, -0.25) is 4.79 Å². The lowest BCUT2D eigenvalue weighted by atomic mass is 9.91. The molecule has 0 spiro atoms. The van der Waals surface area contributed by atoms with Crippen molar-refractivity contribution in [1.29, 1.82) is 0 Å². The van der Waals surface area contributed by atoms with Gasteiger partial charge in [0.25, 0.3) is 0 Å². The maximum atomic E-state index is 13.4. The van der Waals surface area contributed by atoms with E-state index in [-0.39, 0.29) is 24.3 Å². The van der Waals surface area contributed by atoms with Crippen molar-refractivity contribution in [1.82, 2.24) is 5.32 Å².